The number of nitrogens with zero attached hydrogens (tertiary/aromatic N) is 3. The predicted molar refractivity (Wildman–Crippen MR) is 92.5 cm³/mol. The van der Waals surface area contributed by atoms with Crippen LogP contribution < -0.4 is 15.6 Å². The second kappa shape index (κ2) is 6.40. The first-order valence-corrected chi connectivity index (χ1v) is 8.08. The maximum atomic E-state index is 12.5. The summed E-state index contributed by atoms with van der Waals surface area (Å²) in [5, 5.41) is 7.67. The van der Waals surface area contributed by atoms with Crippen LogP contribution in [0.25, 0.3) is 21.5 Å². The highest BCUT2D eigenvalue weighted by Gasteiger charge is 2.17. The third kappa shape index (κ3) is 2.88. The number of hydrogen-bond acceptors (Lipinski definition) is 6. The number of carbonyl (C=O) groups is 1. The lowest BCUT2D eigenvalue weighted by molar-refractivity contribution is -0.121. The van der Waals surface area contributed by atoms with Crippen LogP contribution in [0.3, 0.4) is 0 Å². The van der Waals surface area contributed by atoms with Crippen LogP contribution in [0, 0.1) is 6.92 Å². The van der Waals surface area contributed by atoms with E-state index >= 15 is 0 Å². The zero-order valence-corrected chi connectivity index (χ0v) is 14.3. The Morgan fingerprint density at radius 2 is 2.21 bits per heavy atom. The van der Waals surface area contributed by atoms with Crippen molar-refractivity contribution in [3.63, 3.8) is 0 Å². The van der Waals surface area contributed by atoms with E-state index in [0.717, 1.165) is 15.3 Å². The average molecular weight is 344 g/mol. The van der Waals surface area contributed by atoms with Crippen LogP contribution >= 0.6 is 11.3 Å². The molecule has 7 nitrogen and oxygen atoms in total. The number of carbonyl (C=O) groups excluding carboxylic acids is 1. The van der Waals surface area contributed by atoms with Crippen molar-refractivity contribution in [3.05, 3.63) is 39.6 Å². The molecule has 0 aliphatic carbocycles. The Bertz CT molecular complexity index is 977. The van der Waals surface area contributed by atoms with Gasteiger partial charge in [-0.05, 0) is 19.1 Å². The third-order valence-corrected chi connectivity index (χ3v) is 4.50. The van der Waals surface area contributed by atoms with Gasteiger partial charge in [0, 0.05) is 12.6 Å². The zero-order valence-electron chi connectivity index (χ0n) is 13.5. The molecule has 2 aromatic heterocycles. The van der Waals surface area contributed by atoms with Gasteiger partial charge in [0.15, 0.2) is 5.52 Å². The second-order valence-corrected chi connectivity index (χ2v) is 6.33. The molecule has 3 rings (SSSR count). The number of benzene rings is 1. The van der Waals surface area contributed by atoms with E-state index < -0.39 is 0 Å². The summed E-state index contributed by atoms with van der Waals surface area (Å²) in [7, 11) is 3.10. The fraction of sp³-hybridized carbons (Fsp3) is 0.250. The number of ether oxygens (including phenoxy) is 1. The molecule has 124 valence electrons. The predicted octanol–water partition coefficient (Wildman–Crippen LogP) is 1.58. The quantitative estimate of drug-likeness (QED) is 0.777. The molecule has 0 aliphatic rings. The zero-order chi connectivity index (χ0) is 17.3. The van der Waals surface area contributed by atoms with Crippen molar-refractivity contribution >= 4 is 27.5 Å². The molecule has 0 radical (unpaired) electrons. The molecule has 0 unspecified atom stereocenters. The number of rotatable bonds is 4. The standard InChI is InChI=1S/C16H16N4O3S/c1-9-18-14-15(24-9)13(10-5-4-6-11(7-10)23-3)19-20(16(14)22)8-12(21)17-2/h4-7H,8H2,1-3H3,(H,17,21). The highest BCUT2D eigenvalue weighted by atomic mass is 32.1. The summed E-state index contributed by atoms with van der Waals surface area (Å²) >= 11 is 1.41. The molecular weight excluding hydrogens is 328 g/mol. The number of fused-ring (bicyclic) bond motifs is 1. The van der Waals surface area contributed by atoms with E-state index in [1.165, 1.54) is 18.4 Å². The highest BCUT2D eigenvalue weighted by molar-refractivity contribution is 7.19. The molecule has 0 saturated carbocycles. The number of nitrogens with one attached hydrogen (secondary N) is 1. The van der Waals surface area contributed by atoms with Crippen LogP contribution in [0.1, 0.15) is 5.01 Å². The van der Waals surface area contributed by atoms with Gasteiger partial charge in [0.2, 0.25) is 5.91 Å². The maximum Gasteiger partial charge on any atom is 0.294 e. The lowest BCUT2D eigenvalue weighted by Crippen LogP contribution is -2.32. The SMILES string of the molecule is CNC(=O)Cn1nc(-c2cccc(OC)c2)c2sc(C)nc2c1=O. The maximum absolute atomic E-state index is 12.5. The Labute approximate surface area is 141 Å². The van der Waals surface area contributed by atoms with Crippen molar-refractivity contribution in [1.29, 1.82) is 0 Å². The van der Waals surface area contributed by atoms with Crippen LogP contribution in [0.15, 0.2) is 29.1 Å². The number of hydrogen-bond donors (Lipinski definition) is 1. The number of likely N-dealkylation sites (N-methyl/N-ethyl adjacent to an activating group) is 1. The molecule has 24 heavy (non-hydrogen) atoms. The van der Waals surface area contributed by atoms with Crippen molar-refractivity contribution < 1.29 is 9.53 Å². The summed E-state index contributed by atoms with van der Waals surface area (Å²) < 4.78 is 7.11. The number of methoxy groups -OCH3 is 1. The number of amides is 1. The Morgan fingerprint density at radius 3 is 2.92 bits per heavy atom. The van der Waals surface area contributed by atoms with Gasteiger partial charge in [-0.2, -0.15) is 5.10 Å². The summed E-state index contributed by atoms with van der Waals surface area (Å²) in [6.07, 6.45) is 0. The van der Waals surface area contributed by atoms with E-state index in [-0.39, 0.29) is 18.0 Å². The van der Waals surface area contributed by atoms with E-state index in [2.05, 4.69) is 15.4 Å². The lowest BCUT2D eigenvalue weighted by atomic mass is 10.1. The molecule has 1 amide bonds. The smallest absolute Gasteiger partial charge is 0.294 e. The average Bonchev–Trinajstić information content (AvgIpc) is 2.99. The molecule has 0 spiro atoms. The van der Waals surface area contributed by atoms with Gasteiger partial charge < -0.3 is 10.1 Å². The van der Waals surface area contributed by atoms with Crippen LogP contribution in [0.2, 0.25) is 0 Å². The molecule has 0 aliphatic heterocycles. The Kier molecular flexibility index (Phi) is 4.30. The van der Waals surface area contributed by atoms with E-state index in [0.29, 0.717) is 21.7 Å². The van der Waals surface area contributed by atoms with Gasteiger partial charge in [-0.3, -0.25) is 9.59 Å². The van der Waals surface area contributed by atoms with Gasteiger partial charge in [-0.25, -0.2) is 9.67 Å². The normalized spacial score (nSPS) is 10.8. The molecule has 0 atom stereocenters. The number of aromatic nitrogens is 3. The van der Waals surface area contributed by atoms with Crippen LogP contribution in [-0.2, 0) is 11.3 Å². The van der Waals surface area contributed by atoms with Gasteiger partial charge in [0.1, 0.15) is 18.0 Å². The van der Waals surface area contributed by atoms with Crippen molar-refractivity contribution in [2.45, 2.75) is 13.5 Å². The molecule has 2 heterocycles. The number of thiazole rings is 1. The largest absolute Gasteiger partial charge is 0.497 e. The minimum Gasteiger partial charge on any atom is -0.497 e. The molecule has 0 saturated heterocycles. The Morgan fingerprint density at radius 1 is 1.42 bits per heavy atom. The second-order valence-electron chi connectivity index (χ2n) is 5.13. The summed E-state index contributed by atoms with van der Waals surface area (Å²) in [4.78, 5) is 28.5. The fourth-order valence-electron chi connectivity index (χ4n) is 2.35. The Balaban J connectivity index is 2.27. The van der Waals surface area contributed by atoms with E-state index in [1.807, 2.05) is 31.2 Å². The molecule has 8 heteroatoms. The van der Waals surface area contributed by atoms with E-state index in [9.17, 15) is 9.59 Å². The van der Waals surface area contributed by atoms with Crippen LogP contribution in [-0.4, -0.2) is 34.8 Å². The van der Waals surface area contributed by atoms with Crippen LogP contribution in [0.5, 0.6) is 5.75 Å². The third-order valence-electron chi connectivity index (χ3n) is 3.52. The van der Waals surface area contributed by atoms with Gasteiger partial charge in [-0.1, -0.05) is 12.1 Å². The van der Waals surface area contributed by atoms with Crippen molar-refractivity contribution in [2.75, 3.05) is 14.2 Å². The summed E-state index contributed by atoms with van der Waals surface area (Å²) in [5.41, 5.74) is 1.37. The number of aryl methyl sites for hydroxylation is 1. The highest BCUT2D eigenvalue weighted by Crippen LogP contribution is 2.31. The van der Waals surface area contributed by atoms with Gasteiger partial charge in [0.25, 0.3) is 5.56 Å². The topological polar surface area (TPSA) is 86.1 Å². The minimum absolute atomic E-state index is 0.154. The van der Waals surface area contributed by atoms with Gasteiger partial charge in [0.05, 0.1) is 16.8 Å². The molecule has 0 fully saturated rings. The van der Waals surface area contributed by atoms with Crippen molar-refractivity contribution in [3.8, 4) is 17.0 Å². The summed E-state index contributed by atoms with van der Waals surface area (Å²) in [6, 6.07) is 7.41. The Hall–Kier alpha value is -2.74. The molecular formula is C16H16N4O3S. The molecule has 1 N–H and O–H groups in total. The van der Waals surface area contributed by atoms with Crippen molar-refractivity contribution in [1.82, 2.24) is 20.1 Å². The first-order valence-electron chi connectivity index (χ1n) is 7.26. The lowest BCUT2D eigenvalue weighted by Gasteiger charge is -2.09. The monoisotopic (exact) mass is 344 g/mol. The first kappa shape index (κ1) is 16.1. The molecule has 3 aromatic rings. The van der Waals surface area contributed by atoms with Gasteiger partial charge in [-0.15, -0.1) is 11.3 Å². The fourth-order valence-corrected chi connectivity index (χ4v) is 3.27. The van der Waals surface area contributed by atoms with Crippen molar-refractivity contribution in [2.24, 2.45) is 0 Å². The minimum atomic E-state index is -0.371. The van der Waals surface area contributed by atoms with E-state index in [1.54, 1.807) is 7.11 Å². The molecule has 1 aromatic carbocycles. The van der Waals surface area contributed by atoms with Crippen LogP contribution in [0.4, 0.5) is 0 Å². The molecule has 0 bridgehead atoms. The summed E-state index contributed by atoms with van der Waals surface area (Å²) in [5.74, 6) is 0.389. The summed E-state index contributed by atoms with van der Waals surface area (Å²) in [6.45, 7) is 1.68. The van der Waals surface area contributed by atoms with Gasteiger partial charge >= 0.3 is 0 Å². The first-order chi connectivity index (χ1) is 11.5. The van der Waals surface area contributed by atoms with E-state index in [4.69, 9.17) is 4.74 Å².